The lowest BCUT2D eigenvalue weighted by molar-refractivity contribution is -1.01. The van der Waals surface area contributed by atoms with Crippen molar-refractivity contribution in [3.8, 4) is 0 Å². The Balaban J connectivity index is 3.87. The van der Waals surface area contributed by atoms with Crippen molar-refractivity contribution in [3.05, 3.63) is 0 Å². The topological polar surface area (TPSA) is 60.7 Å². The minimum atomic E-state index is -0.886. The molecule has 0 aliphatic heterocycles. The van der Waals surface area contributed by atoms with Crippen molar-refractivity contribution >= 4 is 0 Å². The van der Waals surface area contributed by atoms with Crippen molar-refractivity contribution in [1.29, 1.82) is 0 Å². The van der Waals surface area contributed by atoms with E-state index in [2.05, 4.69) is 13.8 Å². The van der Waals surface area contributed by atoms with Gasteiger partial charge < -0.3 is 15.3 Å². The van der Waals surface area contributed by atoms with Crippen LogP contribution in [-0.2, 0) is 0 Å². The first kappa shape index (κ1) is 43.8. The van der Waals surface area contributed by atoms with Crippen LogP contribution in [0.15, 0.2) is 0 Å². The highest BCUT2D eigenvalue weighted by Crippen LogP contribution is 2.23. The van der Waals surface area contributed by atoms with Gasteiger partial charge in [-0.05, 0) is 25.7 Å². The van der Waals surface area contributed by atoms with Crippen molar-refractivity contribution in [1.82, 2.24) is 0 Å². The number of hydrogen-bond donors (Lipinski definition) is 3. The maximum atomic E-state index is 10.8. The second kappa shape index (κ2) is 34.2. The van der Waals surface area contributed by atoms with Gasteiger partial charge in [-0.2, -0.15) is 0 Å². The molecule has 0 aromatic heterocycles. The minimum Gasteiger partial charge on any atom is -0.387 e. The molecule has 2 unspecified atom stereocenters. The van der Waals surface area contributed by atoms with Crippen molar-refractivity contribution in [2.45, 2.75) is 239 Å². The molecule has 0 bridgehead atoms. The molecule has 0 saturated heterocycles. The average Bonchev–Trinajstić information content (AvgIpc) is 3.02. The van der Waals surface area contributed by atoms with Gasteiger partial charge in [0.25, 0.3) is 0 Å². The van der Waals surface area contributed by atoms with Gasteiger partial charge in [-0.3, -0.25) is 4.48 Å². The maximum absolute atomic E-state index is 10.8. The highest BCUT2D eigenvalue weighted by molar-refractivity contribution is 4.56. The second-order valence-electron chi connectivity index (χ2n) is 14.5. The maximum Gasteiger partial charge on any atom is 0.216 e. The van der Waals surface area contributed by atoms with Crippen molar-refractivity contribution in [2.24, 2.45) is 0 Å². The molecule has 0 fully saturated rings. The predicted octanol–water partition coefficient (Wildman–Crippen LogP) is 12.0. The summed E-state index contributed by atoms with van der Waals surface area (Å²) in [7, 11) is 0. The van der Waals surface area contributed by atoms with Crippen LogP contribution < -0.4 is 0 Å². The van der Waals surface area contributed by atoms with Crippen LogP contribution in [0.5, 0.6) is 0 Å². The Morgan fingerprint density at radius 1 is 0.364 bits per heavy atom. The SMILES string of the molecule is CCCCCCCCCCCCCCCCCC[N+](CCCCCCCCCCCCCCCCCC)(C(C)O)C(O)CO. The molecule has 0 heterocycles. The Morgan fingerprint density at radius 2 is 0.568 bits per heavy atom. The first-order chi connectivity index (χ1) is 21.5. The van der Waals surface area contributed by atoms with Crippen LogP contribution in [0.2, 0.25) is 0 Å². The van der Waals surface area contributed by atoms with Crippen molar-refractivity contribution in [2.75, 3.05) is 19.7 Å². The lowest BCUT2D eigenvalue weighted by Crippen LogP contribution is -2.62. The van der Waals surface area contributed by atoms with E-state index in [4.69, 9.17) is 0 Å². The summed E-state index contributed by atoms with van der Waals surface area (Å²) in [5.41, 5.74) is 0. The Morgan fingerprint density at radius 3 is 0.750 bits per heavy atom. The van der Waals surface area contributed by atoms with Gasteiger partial charge in [0.15, 0.2) is 6.23 Å². The van der Waals surface area contributed by atoms with Crippen molar-refractivity contribution in [3.63, 3.8) is 0 Å². The van der Waals surface area contributed by atoms with E-state index in [1.54, 1.807) is 6.92 Å². The molecule has 0 amide bonds. The number of aliphatic hydroxyl groups is 3. The van der Waals surface area contributed by atoms with E-state index >= 15 is 0 Å². The first-order valence-electron chi connectivity index (χ1n) is 20.4. The molecule has 0 radical (unpaired) electrons. The molecule has 0 spiro atoms. The van der Waals surface area contributed by atoms with Crippen LogP contribution in [0.4, 0.5) is 0 Å². The zero-order valence-electron chi connectivity index (χ0n) is 30.7. The highest BCUT2D eigenvalue weighted by Gasteiger charge is 2.39. The zero-order valence-corrected chi connectivity index (χ0v) is 30.7. The molecule has 4 heteroatoms. The molecule has 4 nitrogen and oxygen atoms in total. The van der Waals surface area contributed by atoms with Crippen LogP contribution in [-0.4, -0.2) is 52.0 Å². The second-order valence-corrected chi connectivity index (χ2v) is 14.5. The third-order valence-electron chi connectivity index (χ3n) is 10.4. The summed E-state index contributed by atoms with van der Waals surface area (Å²) in [6, 6.07) is 0. The molecule has 0 saturated carbocycles. The number of aliphatic hydroxyl groups excluding tert-OH is 3. The standard InChI is InChI=1S/C40H84NO3/c1-4-6-8-10-12-14-16-18-20-22-24-26-28-30-32-34-36-41(39(3)43,40(44)38-42)37-35-33-31-29-27-25-23-21-19-17-15-13-11-9-7-5-2/h39-40,42-44H,4-38H2,1-3H3/q+1. The van der Waals surface area contributed by atoms with Gasteiger partial charge in [-0.15, -0.1) is 0 Å². The minimum absolute atomic E-state index is 0.244. The Kier molecular flexibility index (Phi) is 34.1. The molecule has 3 N–H and O–H groups in total. The van der Waals surface area contributed by atoms with E-state index < -0.39 is 12.5 Å². The van der Waals surface area contributed by atoms with Gasteiger partial charge in [0.05, 0.1) is 13.1 Å². The monoisotopic (exact) mass is 627 g/mol. The fourth-order valence-electron chi connectivity index (χ4n) is 7.10. The Labute approximate surface area is 277 Å². The predicted molar refractivity (Wildman–Crippen MR) is 194 cm³/mol. The Bertz CT molecular complexity index is 505. The van der Waals surface area contributed by atoms with Gasteiger partial charge in [0.2, 0.25) is 6.23 Å². The van der Waals surface area contributed by atoms with E-state index in [1.165, 1.54) is 180 Å². The van der Waals surface area contributed by atoms with Crippen molar-refractivity contribution < 1.29 is 19.8 Å². The van der Waals surface area contributed by atoms with Gasteiger partial charge in [0, 0.05) is 6.92 Å². The molecular weight excluding hydrogens is 542 g/mol. The normalized spacial score (nSPS) is 13.5. The highest BCUT2D eigenvalue weighted by atomic mass is 16.4. The summed E-state index contributed by atoms with van der Waals surface area (Å²) in [5.74, 6) is 0. The summed E-state index contributed by atoms with van der Waals surface area (Å²) in [5, 5.41) is 31.3. The van der Waals surface area contributed by atoms with Gasteiger partial charge in [-0.25, -0.2) is 0 Å². The van der Waals surface area contributed by atoms with Gasteiger partial charge >= 0.3 is 0 Å². The summed E-state index contributed by atoms with van der Waals surface area (Å²) in [6.07, 6.45) is 41.5. The van der Waals surface area contributed by atoms with Crippen LogP contribution in [0, 0.1) is 0 Å². The summed E-state index contributed by atoms with van der Waals surface area (Å²) < 4.78 is 0.244. The number of rotatable bonds is 37. The quantitative estimate of drug-likeness (QED) is 0.0365. The van der Waals surface area contributed by atoms with E-state index in [0.29, 0.717) is 0 Å². The van der Waals surface area contributed by atoms with E-state index in [-0.39, 0.29) is 11.1 Å². The molecular formula is C40H84NO3+. The molecule has 2 atom stereocenters. The number of hydrogen-bond acceptors (Lipinski definition) is 3. The largest absolute Gasteiger partial charge is 0.387 e. The lowest BCUT2D eigenvalue weighted by Gasteiger charge is -2.44. The third kappa shape index (κ3) is 26.0. The fraction of sp³-hybridized carbons (Fsp3) is 1.00. The van der Waals surface area contributed by atoms with Crippen LogP contribution >= 0.6 is 0 Å². The third-order valence-corrected chi connectivity index (χ3v) is 10.4. The van der Waals surface area contributed by atoms with Crippen LogP contribution in [0.25, 0.3) is 0 Å². The summed E-state index contributed by atoms with van der Waals surface area (Å²) >= 11 is 0. The molecule has 0 aliphatic carbocycles. The van der Waals surface area contributed by atoms with Crippen LogP contribution in [0.1, 0.15) is 226 Å². The van der Waals surface area contributed by atoms with Gasteiger partial charge in [0.1, 0.15) is 6.61 Å². The summed E-state index contributed by atoms with van der Waals surface area (Å²) in [6.45, 7) is 7.62. The molecule has 0 aromatic rings. The van der Waals surface area contributed by atoms with Gasteiger partial charge in [-0.1, -0.05) is 194 Å². The van der Waals surface area contributed by atoms with E-state index in [1.807, 2.05) is 0 Å². The van der Waals surface area contributed by atoms with Crippen LogP contribution in [0.3, 0.4) is 0 Å². The molecule has 0 rings (SSSR count). The van der Waals surface area contributed by atoms with E-state index in [0.717, 1.165) is 38.8 Å². The Hall–Kier alpha value is -0.160. The molecule has 44 heavy (non-hydrogen) atoms. The summed E-state index contributed by atoms with van der Waals surface area (Å²) in [4.78, 5) is 0. The zero-order chi connectivity index (χ0) is 32.4. The molecule has 266 valence electrons. The number of nitrogens with zero attached hydrogens (tertiary/aromatic N) is 1. The fourth-order valence-corrected chi connectivity index (χ4v) is 7.10. The smallest absolute Gasteiger partial charge is 0.216 e. The lowest BCUT2D eigenvalue weighted by atomic mass is 10.0. The van der Waals surface area contributed by atoms with E-state index in [9.17, 15) is 15.3 Å². The first-order valence-corrected chi connectivity index (χ1v) is 20.4. The molecule has 0 aromatic carbocycles. The number of unbranched alkanes of at least 4 members (excludes halogenated alkanes) is 30. The number of quaternary nitrogens is 1. The molecule has 0 aliphatic rings. The average molecular weight is 627 g/mol.